The van der Waals surface area contributed by atoms with Crippen molar-refractivity contribution in [3.63, 3.8) is 0 Å². The SMILES string of the molecule is CCC(CO)C(=O)NCCCOC. The molecular formula is C9H19NO3. The smallest absolute Gasteiger partial charge is 0.225 e. The van der Waals surface area contributed by atoms with Gasteiger partial charge in [-0.05, 0) is 12.8 Å². The Morgan fingerprint density at radius 1 is 1.62 bits per heavy atom. The Morgan fingerprint density at radius 3 is 2.77 bits per heavy atom. The highest BCUT2D eigenvalue weighted by Crippen LogP contribution is 2.00. The van der Waals surface area contributed by atoms with Crippen molar-refractivity contribution in [2.24, 2.45) is 5.92 Å². The second-order valence-corrected chi connectivity index (χ2v) is 2.93. The lowest BCUT2D eigenvalue weighted by Gasteiger charge is -2.11. The summed E-state index contributed by atoms with van der Waals surface area (Å²) in [4.78, 5) is 11.3. The highest BCUT2D eigenvalue weighted by atomic mass is 16.5. The lowest BCUT2D eigenvalue weighted by atomic mass is 10.1. The van der Waals surface area contributed by atoms with Gasteiger partial charge in [0.1, 0.15) is 0 Å². The maximum absolute atomic E-state index is 11.3. The normalized spacial score (nSPS) is 12.5. The van der Waals surface area contributed by atoms with Crippen LogP contribution in [0, 0.1) is 5.92 Å². The van der Waals surface area contributed by atoms with Gasteiger partial charge in [0.2, 0.25) is 5.91 Å². The fraction of sp³-hybridized carbons (Fsp3) is 0.889. The number of hydrogen-bond donors (Lipinski definition) is 2. The first kappa shape index (κ1) is 12.4. The Morgan fingerprint density at radius 2 is 2.31 bits per heavy atom. The minimum atomic E-state index is -0.262. The van der Waals surface area contributed by atoms with Gasteiger partial charge in [0, 0.05) is 20.3 Å². The Bertz CT molecular complexity index is 135. The molecule has 1 atom stereocenters. The topological polar surface area (TPSA) is 58.6 Å². The van der Waals surface area contributed by atoms with Crippen LogP contribution in [-0.4, -0.2) is 37.9 Å². The van der Waals surface area contributed by atoms with Crippen molar-refractivity contribution in [2.45, 2.75) is 19.8 Å². The van der Waals surface area contributed by atoms with Crippen molar-refractivity contribution >= 4 is 5.91 Å². The van der Waals surface area contributed by atoms with Gasteiger partial charge >= 0.3 is 0 Å². The third-order valence-corrected chi connectivity index (χ3v) is 1.91. The molecule has 0 aliphatic heterocycles. The molecule has 0 aromatic heterocycles. The van der Waals surface area contributed by atoms with Gasteiger partial charge < -0.3 is 15.2 Å². The number of carbonyl (C=O) groups is 1. The minimum absolute atomic E-state index is 0.0684. The van der Waals surface area contributed by atoms with Crippen molar-refractivity contribution in [1.82, 2.24) is 5.32 Å². The van der Waals surface area contributed by atoms with Crippen molar-refractivity contribution in [1.29, 1.82) is 0 Å². The van der Waals surface area contributed by atoms with Crippen LogP contribution in [0.15, 0.2) is 0 Å². The van der Waals surface area contributed by atoms with Crippen LogP contribution in [0.1, 0.15) is 19.8 Å². The van der Waals surface area contributed by atoms with E-state index in [0.29, 0.717) is 19.6 Å². The van der Waals surface area contributed by atoms with Crippen molar-refractivity contribution < 1.29 is 14.6 Å². The van der Waals surface area contributed by atoms with E-state index in [1.54, 1.807) is 7.11 Å². The van der Waals surface area contributed by atoms with E-state index in [9.17, 15) is 4.79 Å². The van der Waals surface area contributed by atoms with Gasteiger partial charge in [-0.25, -0.2) is 0 Å². The van der Waals surface area contributed by atoms with E-state index in [4.69, 9.17) is 9.84 Å². The fourth-order valence-corrected chi connectivity index (χ4v) is 0.970. The van der Waals surface area contributed by atoms with Crippen LogP contribution in [0.2, 0.25) is 0 Å². The number of carbonyl (C=O) groups excluding carboxylic acids is 1. The fourth-order valence-electron chi connectivity index (χ4n) is 0.970. The van der Waals surface area contributed by atoms with Gasteiger partial charge in [0.15, 0.2) is 0 Å². The number of nitrogens with one attached hydrogen (secondary N) is 1. The molecule has 0 spiro atoms. The highest BCUT2D eigenvalue weighted by molar-refractivity contribution is 5.78. The molecule has 0 saturated carbocycles. The van der Waals surface area contributed by atoms with Crippen LogP contribution in [0.5, 0.6) is 0 Å². The molecule has 0 saturated heterocycles. The van der Waals surface area contributed by atoms with Gasteiger partial charge in [0.25, 0.3) is 0 Å². The third kappa shape index (κ3) is 5.60. The van der Waals surface area contributed by atoms with E-state index < -0.39 is 0 Å². The molecule has 0 aromatic rings. The molecule has 0 heterocycles. The Balaban J connectivity index is 3.48. The Labute approximate surface area is 79.3 Å². The molecule has 0 aliphatic carbocycles. The maximum Gasteiger partial charge on any atom is 0.225 e. The summed E-state index contributed by atoms with van der Waals surface area (Å²) in [6.07, 6.45) is 1.48. The summed E-state index contributed by atoms with van der Waals surface area (Å²) in [5.74, 6) is -0.330. The quantitative estimate of drug-likeness (QED) is 0.561. The summed E-state index contributed by atoms with van der Waals surface area (Å²) in [6, 6.07) is 0. The van der Waals surface area contributed by atoms with Crippen molar-refractivity contribution in [3.8, 4) is 0 Å². The standard InChI is InChI=1S/C9H19NO3/c1-3-8(7-11)9(12)10-5-4-6-13-2/h8,11H,3-7H2,1-2H3,(H,10,12). The number of amides is 1. The molecule has 0 aliphatic rings. The van der Waals surface area contributed by atoms with E-state index in [2.05, 4.69) is 5.32 Å². The summed E-state index contributed by atoms with van der Waals surface area (Å²) in [5, 5.41) is 11.6. The Hall–Kier alpha value is -0.610. The number of hydrogen-bond acceptors (Lipinski definition) is 3. The van der Waals surface area contributed by atoms with Crippen LogP contribution in [0.25, 0.3) is 0 Å². The second kappa shape index (κ2) is 8.01. The van der Waals surface area contributed by atoms with Gasteiger partial charge in [-0.1, -0.05) is 6.92 Å². The summed E-state index contributed by atoms with van der Waals surface area (Å²) < 4.78 is 4.84. The molecule has 13 heavy (non-hydrogen) atoms. The maximum atomic E-state index is 11.3. The van der Waals surface area contributed by atoms with Crippen LogP contribution in [0.3, 0.4) is 0 Å². The molecule has 0 radical (unpaired) electrons. The number of rotatable bonds is 7. The number of methoxy groups -OCH3 is 1. The van der Waals surface area contributed by atoms with Crippen LogP contribution < -0.4 is 5.32 Å². The van der Waals surface area contributed by atoms with E-state index in [1.165, 1.54) is 0 Å². The van der Waals surface area contributed by atoms with E-state index in [1.807, 2.05) is 6.92 Å². The van der Waals surface area contributed by atoms with Crippen molar-refractivity contribution in [3.05, 3.63) is 0 Å². The molecule has 4 nitrogen and oxygen atoms in total. The first-order valence-electron chi connectivity index (χ1n) is 4.63. The zero-order valence-electron chi connectivity index (χ0n) is 8.38. The lowest BCUT2D eigenvalue weighted by Crippen LogP contribution is -2.33. The average molecular weight is 189 g/mol. The van der Waals surface area contributed by atoms with Gasteiger partial charge in [-0.3, -0.25) is 4.79 Å². The summed E-state index contributed by atoms with van der Waals surface area (Å²) >= 11 is 0. The zero-order valence-corrected chi connectivity index (χ0v) is 8.38. The first-order valence-corrected chi connectivity index (χ1v) is 4.63. The molecule has 1 unspecified atom stereocenters. The molecule has 0 bridgehead atoms. The van der Waals surface area contributed by atoms with E-state index in [-0.39, 0.29) is 18.4 Å². The monoisotopic (exact) mass is 189 g/mol. The average Bonchev–Trinajstić information content (AvgIpc) is 2.14. The van der Waals surface area contributed by atoms with Crippen LogP contribution >= 0.6 is 0 Å². The molecule has 4 heteroatoms. The van der Waals surface area contributed by atoms with Crippen LogP contribution in [-0.2, 0) is 9.53 Å². The van der Waals surface area contributed by atoms with E-state index in [0.717, 1.165) is 6.42 Å². The first-order chi connectivity index (χ1) is 6.26. The van der Waals surface area contributed by atoms with Gasteiger partial charge in [-0.2, -0.15) is 0 Å². The summed E-state index contributed by atoms with van der Waals surface area (Å²) in [5.41, 5.74) is 0. The van der Waals surface area contributed by atoms with Gasteiger partial charge in [0.05, 0.1) is 12.5 Å². The largest absolute Gasteiger partial charge is 0.396 e. The molecule has 0 fully saturated rings. The summed E-state index contributed by atoms with van der Waals surface area (Å²) in [7, 11) is 1.63. The highest BCUT2D eigenvalue weighted by Gasteiger charge is 2.13. The van der Waals surface area contributed by atoms with E-state index >= 15 is 0 Å². The molecule has 1 amide bonds. The van der Waals surface area contributed by atoms with Crippen LogP contribution in [0.4, 0.5) is 0 Å². The molecule has 0 rings (SSSR count). The third-order valence-electron chi connectivity index (χ3n) is 1.91. The number of aliphatic hydroxyl groups is 1. The van der Waals surface area contributed by atoms with Gasteiger partial charge in [-0.15, -0.1) is 0 Å². The molecular weight excluding hydrogens is 170 g/mol. The molecule has 2 N–H and O–H groups in total. The number of aliphatic hydroxyl groups excluding tert-OH is 1. The predicted octanol–water partition coefficient (Wildman–Crippen LogP) is 0.158. The summed E-state index contributed by atoms with van der Waals surface area (Å²) in [6.45, 7) is 3.07. The zero-order chi connectivity index (χ0) is 10.1. The van der Waals surface area contributed by atoms with Crippen molar-refractivity contribution in [2.75, 3.05) is 26.9 Å². The predicted molar refractivity (Wildman–Crippen MR) is 50.4 cm³/mol. The molecule has 78 valence electrons. The lowest BCUT2D eigenvalue weighted by molar-refractivity contribution is -0.126. The Kier molecular flexibility index (Phi) is 7.63. The number of ether oxygens (including phenoxy) is 1. The minimum Gasteiger partial charge on any atom is -0.396 e. The molecule has 0 aromatic carbocycles. The second-order valence-electron chi connectivity index (χ2n) is 2.93.